The maximum absolute atomic E-state index is 11.2. The molecule has 5 rings (SSSR count). The Kier molecular flexibility index (Phi) is 5.24. The smallest absolute Gasteiger partial charge is 0.231 e. The van der Waals surface area contributed by atoms with E-state index >= 15 is 0 Å². The molecule has 2 aromatic carbocycles. The fourth-order valence-corrected chi connectivity index (χ4v) is 4.49. The van der Waals surface area contributed by atoms with Crippen LogP contribution in [-0.2, 0) is 10.8 Å². The minimum Gasteiger partial charge on any atom is -0.507 e. The van der Waals surface area contributed by atoms with Crippen molar-refractivity contribution in [3.05, 3.63) is 65.4 Å². The maximum Gasteiger partial charge on any atom is 0.231 e. The molecule has 2 N–H and O–H groups in total. The third-order valence-corrected chi connectivity index (χ3v) is 6.42. The van der Waals surface area contributed by atoms with E-state index in [4.69, 9.17) is 14.5 Å². The highest BCUT2D eigenvalue weighted by Crippen LogP contribution is 2.44. The number of aromatic nitrogens is 2. The fraction of sp³-hybridized carbons (Fsp3) is 0.345. The van der Waals surface area contributed by atoms with Gasteiger partial charge in [-0.3, -0.25) is 4.40 Å². The van der Waals surface area contributed by atoms with E-state index in [1.807, 2.05) is 24.4 Å². The van der Waals surface area contributed by atoms with Gasteiger partial charge in [0.25, 0.3) is 0 Å². The summed E-state index contributed by atoms with van der Waals surface area (Å²) >= 11 is 0. The first-order valence-electron chi connectivity index (χ1n) is 12.0. The molecule has 2 aromatic heterocycles. The summed E-state index contributed by atoms with van der Waals surface area (Å²) < 4.78 is 13.1. The molecule has 3 heterocycles. The largest absolute Gasteiger partial charge is 0.507 e. The zero-order valence-corrected chi connectivity index (χ0v) is 21.5. The third-order valence-electron chi connectivity index (χ3n) is 6.42. The van der Waals surface area contributed by atoms with Crippen LogP contribution in [0.4, 0.5) is 11.5 Å². The number of phenolic OH excluding ortho intramolecular Hbond substituents is 1. The van der Waals surface area contributed by atoms with Gasteiger partial charge < -0.3 is 19.9 Å². The lowest BCUT2D eigenvalue weighted by Gasteiger charge is -2.28. The lowest BCUT2D eigenvalue weighted by Crippen LogP contribution is -2.17. The van der Waals surface area contributed by atoms with E-state index in [1.54, 1.807) is 0 Å². The van der Waals surface area contributed by atoms with Crippen molar-refractivity contribution in [3.63, 3.8) is 0 Å². The number of phenols is 1. The zero-order chi connectivity index (χ0) is 25.1. The molecule has 1 aliphatic rings. The third kappa shape index (κ3) is 4.18. The predicted molar refractivity (Wildman–Crippen MR) is 140 cm³/mol. The lowest BCUT2D eigenvalue weighted by atomic mass is 9.78. The van der Waals surface area contributed by atoms with Crippen molar-refractivity contribution in [2.75, 3.05) is 12.1 Å². The van der Waals surface area contributed by atoms with Crippen molar-refractivity contribution in [2.24, 2.45) is 0 Å². The van der Waals surface area contributed by atoms with E-state index in [1.165, 1.54) is 0 Å². The number of hydrogen-bond acceptors (Lipinski definition) is 5. The number of hydrogen-bond donors (Lipinski definition) is 2. The number of nitrogens with zero attached hydrogens (tertiary/aromatic N) is 2. The highest BCUT2D eigenvalue weighted by atomic mass is 16.7. The highest BCUT2D eigenvalue weighted by molar-refractivity contribution is 5.82. The van der Waals surface area contributed by atoms with Gasteiger partial charge in [0.05, 0.1) is 0 Å². The van der Waals surface area contributed by atoms with Gasteiger partial charge in [-0.25, -0.2) is 4.98 Å². The molecule has 0 saturated heterocycles. The van der Waals surface area contributed by atoms with Crippen LogP contribution in [0.25, 0.3) is 16.9 Å². The van der Waals surface area contributed by atoms with Crippen molar-refractivity contribution in [1.82, 2.24) is 9.38 Å². The fourth-order valence-electron chi connectivity index (χ4n) is 4.49. The first-order valence-corrected chi connectivity index (χ1v) is 12.0. The molecule has 0 fully saturated rings. The van der Waals surface area contributed by atoms with Gasteiger partial charge in [-0.2, -0.15) is 0 Å². The van der Waals surface area contributed by atoms with Crippen molar-refractivity contribution in [2.45, 2.75) is 59.3 Å². The summed E-state index contributed by atoms with van der Waals surface area (Å²) in [6.07, 6.45) is 2.03. The summed E-state index contributed by atoms with van der Waals surface area (Å²) in [5.41, 5.74) is 5.99. The van der Waals surface area contributed by atoms with Gasteiger partial charge in [0.1, 0.15) is 22.9 Å². The van der Waals surface area contributed by atoms with Gasteiger partial charge in [-0.05, 0) is 59.7 Å². The summed E-state index contributed by atoms with van der Waals surface area (Å²) in [6, 6.07) is 14.1. The normalized spacial score (nSPS) is 13.5. The number of aryl methyl sites for hydroxylation is 1. The van der Waals surface area contributed by atoms with Gasteiger partial charge in [0.2, 0.25) is 6.79 Å². The Morgan fingerprint density at radius 3 is 2.20 bits per heavy atom. The average Bonchev–Trinajstić information content (AvgIpc) is 3.36. The van der Waals surface area contributed by atoms with Crippen LogP contribution in [0.2, 0.25) is 0 Å². The number of benzene rings is 2. The molecule has 0 spiro atoms. The van der Waals surface area contributed by atoms with Crippen LogP contribution in [0, 0.1) is 6.92 Å². The highest BCUT2D eigenvalue weighted by Gasteiger charge is 2.28. The molecule has 0 saturated carbocycles. The molecular formula is C29H33N3O3. The molecule has 0 unspecified atom stereocenters. The van der Waals surface area contributed by atoms with E-state index in [2.05, 4.69) is 82.4 Å². The Morgan fingerprint density at radius 2 is 1.54 bits per heavy atom. The van der Waals surface area contributed by atoms with E-state index in [-0.39, 0.29) is 17.6 Å². The molecule has 0 atom stereocenters. The van der Waals surface area contributed by atoms with E-state index in [0.29, 0.717) is 5.75 Å². The predicted octanol–water partition coefficient (Wildman–Crippen LogP) is 7.08. The van der Waals surface area contributed by atoms with Crippen molar-refractivity contribution >= 4 is 17.2 Å². The molecule has 0 bridgehead atoms. The first-order chi connectivity index (χ1) is 16.4. The molecule has 6 heteroatoms. The van der Waals surface area contributed by atoms with E-state index in [0.717, 1.165) is 56.6 Å². The number of nitrogens with one attached hydrogen (secondary N) is 1. The summed E-state index contributed by atoms with van der Waals surface area (Å²) in [6.45, 7) is 15.0. The van der Waals surface area contributed by atoms with E-state index < -0.39 is 0 Å². The van der Waals surface area contributed by atoms with Crippen molar-refractivity contribution < 1.29 is 14.6 Å². The van der Waals surface area contributed by atoms with Crippen LogP contribution in [0.5, 0.6) is 17.2 Å². The monoisotopic (exact) mass is 471 g/mol. The molecule has 6 nitrogen and oxygen atoms in total. The second-order valence-corrected chi connectivity index (χ2v) is 11.4. The summed E-state index contributed by atoms with van der Waals surface area (Å²) in [5.74, 6) is 2.67. The van der Waals surface area contributed by atoms with Crippen LogP contribution >= 0.6 is 0 Å². The Morgan fingerprint density at radius 1 is 0.886 bits per heavy atom. The van der Waals surface area contributed by atoms with Crippen LogP contribution < -0.4 is 14.8 Å². The number of pyridine rings is 1. The topological polar surface area (TPSA) is 68.0 Å². The minimum atomic E-state index is -0.235. The molecule has 182 valence electrons. The van der Waals surface area contributed by atoms with E-state index in [9.17, 15) is 5.11 Å². The summed E-state index contributed by atoms with van der Waals surface area (Å²) in [5, 5.41) is 14.8. The van der Waals surface area contributed by atoms with Gasteiger partial charge in [-0.15, -0.1) is 0 Å². The van der Waals surface area contributed by atoms with Gasteiger partial charge in [0.15, 0.2) is 11.5 Å². The SMILES string of the molecule is Cc1ccn2c(Nc3ccc4c(c3)OCO4)c(-c3cc(C(C)(C)C)c(O)c(C(C)(C)C)c3)nc2c1. The number of aromatic hydroxyl groups is 1. The number of fused-ring (bicyclic) bond motifs is 2. The standard InChI is InChI=1S/C29H33N3O3/c1-17-10-11-32-24(12-17)31-25(27(32)30-19-8-9-22-23(15-19)35-16-34-22)18-13-20(28(2,3)4)26(33)21(14-18)29(5,6)7/h8-15,30,33H,16H2,1-7H3. The first kappa shape index (κ1) is 23.1. The van der Waals surface area contributed by atoms with Crippen LogP contribution in [0.1, 0.15) is 58.2 Å². The van der Waals surface area contributed by atoms with Crippen LogP contribution in [0.15, 0.2) is 48.7 Å². The van der Waals surface area contributed by atoms with Gasteiger partial charge >= 0.3 is 0 Å². The lowest BCUT2D eigenvalue weighted by molar-refractivity contribution is 0.174. The molecular weight excluding hydrogens is 438 g/mol. The molecule has 4 aromatic rings. The van der Waals surface area contributed by atoms with Crippen LogP contribution in [-0.4, -0.2) is 21.3 Å². The Bertz CT molecular complexity index is 1400. The van der Waals surface area contributed by atoms with Crippen molar-refractivity contribution in [3.8, 4) is 28.5 Å². The van der Waals surface area contributed by atoms with Gasteiger partial charge in [-0.1, -0.05) is 41.5 Å². The van der Waals surface area contributed by atoms with Gasteiger partial charge in [0, 0.05) is 34.6 Å². The summed E-state index contributed by atoms with van der Waals surface area (Å²) in [7, 11) is 0. The number of rotatable bonds is 3. The minimum absolute atomic E-state index is 0.234. The second kappa shape index (κ2) is 7.94. The molecule has 0 radical (unpaired) electrons. The molecule has 0 amide bonds. The van der Waals surface area contributed by atoms with Crippen LogP contribution in [0.3, 0.4) is 0 Å². The van der Waals surface area contributed by atoms with Crippen molar-refractivity contribution in [1.29, 1.82) is 0 Å². The molecule has 0 aliphatic carbocycles. The second-order valence-electron chi connectivity index (χ2n) is 11.4. The zero-order valence-electron chi connectivity index (χ0n) is 21.5. The molecule has 35 heavy (non-hydrogen) atoms. The number of ether oxygens (including phenoxy) is 2. The maximum atomic E-state index is 11.2. The Balaban J connectivity index is 1.74. The number of imidazole rings is 1. The average molecular weight is 472 g/mol. The molecule has 1 aliphatic heterocycles. The Hall–Kier alpha value is -3.67. The Labute approximate surface area is 206 Å². The quantitative estimate of drug-likeness (QED) is 0.334. The summed E-state index contributed by atoms with van der Waals surface area (Å²) in [4.78, 5) is 5.05. The number of anilines is 2.